The Hall–Kier alpha value is -3.48. The standard InChI is InChI=1S/C17H13N5O4/c1-10-15(2)25-13(11-4-3-5-12(6-11)22(23)24)17(9-20,14(21)26-15)16(10,7-18)8-19/h3-6,10,13,21H,1-2H3. The number of hydrogen-bond donors (Lipinski definition) is 1. The van der Waals surface area contributed by atoms with Gasteiger partial charge >= 0.3 is 0 Å². The second-order valence-corrected chi connectivity index (χ2v) is 6.47. The minimum Gasteiger partial charge on any atom is -0.448 e. The van der Waals surface area contributed by atoms with Crippen LogP contribution in [-0.2, 0) is 9.47 Å². The monoisotopic (exact) mass is 351 g/mol. The quantitative estimate of drug-likeness (QED) is 0.633. The molecule has 1 aromatic rings. The lowest BCUT2D eigenvalue weighted by atomic mass is 9.51. The number of benzene rings is 1. The van der Waals surface area contributed by atoms with Crippen LogP contribution in [0.4, 0.5) is 5.69 Å². The van der Waals surface area contributed by atoms with Crippen LogP contribution in [0.2, 0.25) is 0 Å². The fourth-order valence-corrected chi connectivity index (χ4v) is 3.77. The smallest absolute Gasteiger partial charge is 0.269 e. The number of ether oxygens (including phenoxy) is 2. The maximum atomic E-state index is 11.1. The molecule has 130 valence electrons. The molecule has 0 spiro atoms. The molecule has 1 N–H and O–H groups in total. The summed E-state index contributed by atoms with van der Waals surface area (Å²) in [5, 5.41) is 49.0. The molecule has 3 saturated heterocycles. The summed E-state index contributed by atoms with van der Waals surface area (Å²) >= 11 is 0. The van der Waals surface area contributed by atoms with Crippen molar-refractivity contribution >= 4 is 11.6 Å². The summed E-state index contributed by atoms with van der Waals surface area (Å²) in [4.78, 5) is 10.5. The van der Waals surface area contributed by atoms with Gasteiger partial charge in [0.1, 0.15) is 6.10 Å². The molecule has 4 atom stereocenters. The zero-order chi connectivity index (χ0) is 19.3. The van der Waals surface area contributed by atoms with E-state index in [1.165, 1.54) is 31.2 Å². The average Bonchev–Trinajstić information content (AvgIpc) is 2.63. The van der Waals surface area contributed by atoms with Gasteiger partial charge < -0.3 is 9.47 Å². The first kappa shape index (κ1) is 17.3. The highest BCUT2D eigenvalue weighted by atomic mass is 16.7. The molecule has 0 aromatic heterocycles. The van der Waals surface area contributed by atoms with Crippen molar-refractivity contribution in [2.75, 3.05) is 0 Å². The van der Waals surface area contributed by atoms with Crippen molar-refractivity contribution in [3.8, 4) is 18.2 Å². The fraction of sp³-hybridized carbons (Fsp3) is 0.412. The van der Waals surface area contributed by atoms with Gasteiger partial charge in [-0.15, -0.1) is 0 Å². The molecule has 0 radical (unpaired) electrons. The van der Waals surface area contributed by atoms with E-state index in [1.807, 2.05) is 18.2 Å². The maximum Gasteiger partial charge on any atom is 0.269 e. The van der Waals surface area contributed by atoms with Crippen LogP contribution in [0.5, 0.6) is 0 Å². The number of non-ortho nitro benzene ring substituents is 1. The zero-order valence-corrected chi connectivity index (χ0v) is 13.9. The van der Waals surface area contributed by atoms with E-state index in [1.54, 1.807) is 6.92 Å². The van der Waals surface area contributed by atoms with E-state index < -0.39 is 39.5 Å². The second kappa shape index (κ2) is 5.26. The van der Waals surface area contributed by atoms with Crippen LogP contribution in [0, 0.1) is 66.3 Å². The van der Waals surface area contributed by atoms with Crippen molar-refractivity contribution in [1.82, 2.24) is 0 Å². The van der Waals surface area contributed by atoms with E-state index in [-0.39, 0.29) is 11.3 Å². The molecule has 0 aliphatic carbocycles. The largest absolute Gasteiger partial charge is 0.448 e. The molecule has 4 rings (SSSR count). The highest BCUT2D eigenvalue weighted by Gasteiger charge is 2.78. The van der Waals surface area contributed by atoms with Gasteiger partial charge in [0.25, 0.3) is 5.69 Å². The molecule has 9 nitrogen and oxygen atoms in total. The first-order chi connectivity index (χ1) is 12.2. The Kier molecular flexibility index (Phi) is 3.51. The number of nitrogens with one attached hydrogen (secondary N) is 1. The zero-order valence-electron chi connectivity index (χ0n) is 13.9. The average molecular weight is 351 g/mol. The summed E-state index contributed by atoms with van der Waals surface area (Å²) in [6, 6.07) is 11.1. The van der Waals surface area contributed by atoms with Gasteiger partial charge in [-0.05, 0) is 5.56 Å². The normalized spacial score (nSPS) is 34.0. The Labute approximate surface area is 148 Å². The highest BCUT2D eigenvalue weighted by molar-refractivity contribution is 5.88. The maximum absolute atomic E-state index is 11.1. The lowest BCUT2D eigenvalue weighted by molar-refractivity contribution is -0.385. The minimum atomic E-state index is -2.05. The van der Waals surface area contributed by atoms with E-state index in [9.17, 15) is 25.9 Å². The number of nitrogens with zero attached hydrogens (tertiary/aromatic N) is 4. The molecule has 0 amide bonds. The number of nitro groups is 1. The van der Waals surface area contributed by atoms with Crippen LogP contribution in [0.3, 0.4) is 0 Å². The Morgan fingerprint density at radius 2 is 1.92 bits per heavy atom. The molecule has 4 unspecified atom stereocenters. The number of rotatable bonds is 2. The Morgan fingerprint density at radius 1 is 1.27 bits per heavy atom. The van der Waals surface area contributed by atoms with Gasteiger partial charge in [0.15, 0.2) is 10.8 Å². The number of hydrogen-bond acceptors (Lipinski definition) is 8. The topological polar surface area (TPSA) is 157 Å². The van der Waals surface area contributed by atoms with Gasteiger partial charge in [-0.3, -0.25) is 15.5 Å². The van der Waals surface area contributed by atoms with Crippen LogP contribution in [-0.4, -0.2) is 16.6 Å². The van der Waals surface area contributed by atoms with Crippen molar-refractivity contribution in [1.29, 1.82) is 21.2 Å². The summed E-state index contributed by atoms with van der Waals surface area (Å²) in [6.07, 6.45) is -1.24. The summed E-state index contributed by atoms with van der Waals surface area (Å²) in [6.45, 7) is 3.04. The third-order valence-electron chi connectivity index (χ3n) is 5.38. The van der Waals surface area contributed by atoms with Gasteiger partial charge in [0.05, 0.1) is 29.0 Å². The van der Waals surface area contributed by atoms with Crippen molar-refractivity contribution < 1.29 is 14.4 Å². The summed E-state index contributed by atoms with van der Waals surface area (Å²) in [7, 11) is 0. The van der Waals surface area contributed by atoms with Crippen molar-refractivity contribution in [3.05, 3.63) is 39.9 Å². The third-order valence-corrected chi connectivity index (χ3v) is 5.38. The van der Waals surface area contributed by atoms with Crippen LogP contribution in [0.15, 0.2) is 24.3 Å². The van der Waals surface area contributed by atoms with Crippen LogP contribution in [0.1, 0.15) is 25.5 Å². The lowest BCUT2D eigenvalue weighted by Gasteiger charge is -2.60. The van der Waals surface area contributed by atoms with Gasteiger partial charge in [0.2, 0.25) is 11.7 Å². The SMILES string of the molecule is CC1C2(C)OC(=N)C(C#N)(C(c3cccc([N+](=O)[O-])c3)O2)C1(C#N)C#N. The van der Waals surface area contributed by atoms with E-state index >= 15 is 0 Å². The summed E-state index contributed by atoms with van der Waals surface area (Å²) in [5.74, 6) is -2.89. The molecular formula is C17H13N5O4. The van der Waals surface area contributed by atoms with Crippen molar-refractivity contribution in [2.24, 2.45) is 16.7 Å². The number of nitriles is 3. The molecule has 1 aromatic carbocycles. The molecule has 2 bridgehead atoms. The van der Waals surface area contributed by atoms with E-state index in [0.29, 0.717) is 0 Å². The van der Waals surface area contributed by atoms with E-state index in [2.05, 4.69) is 0 Å². The molecule has 3 aliphatic heterocycles. The molecule has 26 heavy (non-hydrogen) atoms. The highest BCUT2D eigenvalue weighted by Crippen LogP contribution is 2.66. The van der Waals surface area contributed by atoms with Gasteiger partial charge in [-0.25, -0.2) is 0 Å². The van der Waals surface area contributed by atoms with Crippen molar-refractivity contribution in [3.63, 3.8) is 0 Å². The van der Waals surface area contributed by atoms with Crippen molar-refractivity contribution in [2.45, 2.75) is 25.7 Å². The summed E-state index contributed by atoms with van der Waals surface area (Å²) < 4.78 is 11.4. The van der Waals surface area contributed by atoms with Gasteiger partial charge in [-0.2, -0.15) is 15.8 Å². The minimum absolute atomic E-state index is 0.224. The Bertz CT molecular complexity index is 941. The summed E-state index contributed by atoms with van der Waals surface area (Å²) in [5.41, 5.74) is -3.98. The van der Waals surface area contributed by atoms with Gasteiger partial charge in [0, 0.05) is 19.1 Å². The van der Waals surface area contributed by atoms with Crippen LogP contribution in [0.25, 0.3) is 0 Å². The predicted octanol–water partition coefficient (Wildman–Crippen LogP) is 2.57. The first-order valence-electron chi connectivity index (χ1n) is 7.66. The first-order valence-corrected chi connectivity index (χ1v) is 7.66. The van der Waals surface area contributed by atoms with Crippen LogP contribution < -0.4 is 0 Å². The third kappa shape index (κ3) is 1.77. The predicted molar refractivity (Wildman–Crippen MR) is 85.0 cm³/mol. The Morgan fingerprint density at radius 3 is 2.46 bits per heavy atom. The number of fused-ring (bicyclic) bond motifs is 3. The molecule has 3 heterocycles. The Balaban J connectivity index is 2.32. The molecule has 9 heteroatoms. The van der Waals surface area contributed by atoms with Gasteiger partial charge in [-0.1, -0.05) is 19.1 Å². The second-order valence-electron chi connectivity index (χ2n) is 6.47. The molecular weight excluding hydrogens is 338 g/mol. The molecule has 3 fully saturated rings. The van der Waals surface area contributed by atoms with Crippen LogP contribution >= 0.6 is 0 Å². The number of nitro benzene ring substituents is 1. The fourth-order valence-electron chi connectivity index (χ4n) is 3.77. The van der Waals surface area contributed by atoms with E-state index in [0.717, 1.165) is 0 Å². The molecule has 0 saturated carbocycles. The lowest BCUT2D eigenvalue weighted by Crippen LogP contribution is -2.71. The van der Waals surface area contributed by atoms with E-state index in [4.69, 9.17) is 14.9 Å². The molecule has 3 aliphatic rings.